The molecule has 3 aromatic carbocycles. The number of hydrogen-bond donors (Lipinski definition) is 2. The minimum atomic E-state index is -5.00. The van der Waals surface area contributed by atoms with Gasteiger partial charge in [-0.15, -0.1) is 5.10 Å². The van der Waals surface area contributed by atoms with E-state index in [1.54, 1.807) is 60.7 Å². The zero-order chi connectivity index (χ0) is 29.8. The molecule has 0 aliphatic rings. The van der Waals surface area contributed by atoms with E-state index in [0.717, 1.165) is 6.07 Å². The number of alkyl halides is 3. The van der Waals surface area contributed by atoms with Crippen LogP contribution in [0.15, 0.2) is 78.9 Å². The fourth-order valence-electron chi connectivity index (χ4n) is 3.92. The van der Waals surface area contributed by atoms with Crippen LogP contribution in [0, 0.1) is 5.82 Å². The van der Waals surface area contributed by atoms with Crippen molar-refractivity contribution in [2.75, 3.05) is 5.32 Å². The number of para-hydroxylation sites is 1. The van der Waals surface area contributed by atoms with E-state index in [4.69, 9.17) is 9.57 Å². The average Bonchev–Trinajstić information content (AvgIpc) is 3.31. The number of rotatable bonds is 7. The fourth-order valence-corrected chi connectivity index (χ4v) is 3.92. The Morgan fingerprint density at radius 1 is 0.902 bits per heavy atom. The third kappa shape index (κ3) is 7.21. The summed E-state index contributed by atoms with van der Waals surface area (Å²) >= 11 is 0. The SMILES string of the molecule is CC(C)(C)c1c(C(F)(F)F)nn(OC(=O)NCc2ccccc2)c1C(=O)Nc1cc(Oc2ccccc2)ccc1F. The molecule has 0 radical (unpaired) electrons. The van der Waals surface area contributed by atoms with Crippen molar-refractivity contribution in [2.45, 2.75) is 38.9 Å². The third-order valence-electron chi connectivity index (χ3n) is 5.70. The second kappa shape index (κ2) is 11.7. The van der Waals surface area contributed by atoms with E-state index in [1.165, 1.54) is 32.9 Å². The van der Waals surface area contributed by atoms with Crippen molar-refractivity contribution in [1.29, 1.82) is 0 Å². The first kappa shape index (κ1) is 29.1. The fraction of sp³-hybridized carbons (Fsp3) is 0.207. The summed E-state index contributed by atoms with van der Waals surface area (Å²) in [5.74, 6) is -1.47. The maximum absolute atomic E-state index is 14.7. The van der Waals surface area contributed by atoms with Gasteiger partial charge in [0.25, 0.3) is 5.91 Å². The number of hydrogen-bond acceptors (Lipinski definition) is 5. The molecule has 8 nitrogen and oxygen atoms in total. The number of halogens is 4. The lowest BCUT2D eigenvalue weighted by Gasteiger charge is -2.21. The summed E-state index contributed by atoms with van der Waals surface area (Å²) in [6.07, 6.45) is -6.16. The largest absolute Gasteiger partial charge is 0.457 e. The van der Waals surface area contributed by atoms with Crippen molar-refractivity contribution < 1.29 is 36.7 Å². The number of nitrogens with zero attached hydrogens (tertiary/aromatic N) is 2. The molecule has 0 aliphatic carbocycles. The molecular formula is C29H26F4N4O4. The van der Waals surface area contributed by atoms with Crippen LogP contribution in [-0.4, -0.2) is 21.9 Å². The summed E-state index contributed by atoms with van der Waals surface area (Å²) in [7, 11) is 0. The summed E-state index contributed by atoms with van der Waals surface area (Å²) in [4.78, 5) is 31.3. The van der Waals surface area contributed by atoms with E-state index in [0.29, 0.717) is 11.3 Å². The monoisotopic (exact) mass is 570 g/mol. The number of carbonyl (C=O) groups is 2. The molecule has 0 atom stereocenters. The van der Waals surface area contributed by atoms with Crippen LogP contribution in [0.1, 0.15) is 48.1 Å². The Bertz CT molecular complexity index is 1530. The lowest BCUT2D eigenvalue weighted by atomic mass is 9.84. The molecule has 0 saturated heterocycles. The molecule has 0 aliphatic heterocycles. The molecule has 12 heteroatoms. The first-order chi connectivity index (χ1) is 19.3. The highest BCUT2D eigenvalue weighted by Crippen LogP contribution is 2.39. The first-order valence-electron chi connectivity index (χ1n) is 12.4. The molecule has 0 saturated carbocycles. The molecular weight excluding hydrogens is 544 g/mol. The average molecular weight is 571 g/mol. The number of aromatic nitrogens is 2. The number of nitrogens with one attached hydrogen (secondary N) is 2. The topological polar surface area (TPSA) is 94.5 Å². The van der Waals surface area contributed by atoms with Crippen LogP contribution in [0.4, 0.5) is 28.0 Å². The Hall–Kier alpha value is -4.87. The molecule has 2 amide bonds. The molecule has 1 aromatic heterocycles. The van der Waals surface area contributed by atoms with Crippen LogP contribution < -0.4 is 20.2 Å². The van der Waals surface area contributed by atoms with Crippen molar-refractivity contribution in [1.82, 2.24) is 15.3 Å². The molecule has 2 N–H and O–H groups in total. The molecule has 41 heavy (non-hydrogen) atoms. The summed E-state index contributed by atoms with van der Waals surface area (Å²) in [5.41, 5.74) is -3.67. The lowest BCUT2D eigenvalue weighted by Crippen LogP contribution is -2.35. The van der Waals surface area contributed by atoms with Crippen LogP contribution in [0.25, 0.3) is 0 Å². The summed E-state index contributed by atoms with van der Waals surface area (Å²) < 4.78 is 62.5. The number of benzene rings is 3. The van der Waals surface area contributed by atoms with E-state index in [1.807, 2.05) is 0 Å². The van der Waals surface area contributed by atoms with E-state index in [-0.39, 0.29) is 22.8 Å². The van der Waals surface area contributed by atoms with Crippen LogP contribution in [0.5, 0.6) is 11.5 Å². The van der Waals surface area contributed by atoms with Gasteiger partial charge in [0.2, 0.25) is 0 Å². The summed E-state index contributed by atoms with van der Waals surface area (Å²) in [5, 5.41) is 8.10. The normalized spacial score (nSPS) is 11.6. The predicted octanol–water partition coefficient (Wildman–Crippen LogP) is 6.72. The van der Waals surface area contributed by atoms with Gasteiger partial charge in [0.15, 0.2) is 11.4 Å². The van der Waals surface area contributed by atoms with Gasteiger partial charge in [-0.1, -0.05) is 74.1 Å². The number of amides is 2. The quantitative estimate of drug-likeness (QED) is 0.241. The van der Waals surface area contributed by atoms with E-state index in [9.17, 15) is 27.2 Å². The van der Waals surface area contributed by atoms with Gasteiger partial charge in [-0.25, -0.2) is 9.18 Å². The van der Waals surface area contributed by atoms with Gasteiger partial charge in [-0.2, -0.15) is 13.2 Å². The first-order valence-corrected chi connectivity index (χ1v) is 12.4. The van der Waals surface area contributed by atoms with Crippen LogP contribution >= 0.6 is 0 Å². The maximum atomic E-state index is 14.7. The molecule has 1 heterocycles. The Labute approximate surface area is 232 Å². The highest BCUT2D eigenvalue weighted by Gasteiger charge is 2.45. The van der Waals surface area contributed by atoms with Crippen LogP contribution in [0.3, 0.4) is 0 Å². The Kier molecular flexibility index (Phi) is 8.31. The molecule has 0 bridgehead atoms. The van der Waals surface area contributed by atoms with Crippen molar-refractivity contribution in [3.63, 3.8) is 0 Å². The van der Waals surface area contributed by atoms with Crippen LogP contribution in [0.2, 0.25) is 0 Å². The number of ether oxygens (including phenoxy) is 1. The van der Waals surface area contributed by atoms with E-state index >= 15 is 0 Å². The maximum Gasteiger partial charge on any atom is 0.435 e. The molecule has 0 spiro atoms. The molecule has 4 aromatic rings. The van der Waals surface area contributed by atoms with Crippen LogP contribution in [-0.2, 0) is 18.1 Å². The van der Waals surface area contributed by atoms with Gasteiger partial charge in [-0.05, 0) is 35.2 Å². The van der Waals surface area contributed by atoms with Gasteiger partial charge in [0, 0.05) is 18.2 Å². The van der Waals surface area contributed by atoms with Gasteiger partial charge in [0.1, 0.15) is 17.3 Å². The second-order valence-corrected chi connectivity index (χ2v) is 9.92. The third-order valence-corrected chi connectivity index (χ3v) is 5.70. The Balaban J connectivity index is 1.68. The molecule has 214 valence electrons. The zero-order valence-corrected chi connectivity index (χ0v) is 22.3. The highest BCUT2D eigenvalue weighted by molar-refractivity contribution is 6.04. The minimum absolute atomic E-state index is 0.000144. The molecule has 4 rings (SSSR count). The zero-order valence-electron chi connectivity index (χ0n) is 22.3. The van der Waals surface area contributed by atoms with Gasteiger partial charge >= 0.3 is 12.3 Å². The highest BCUT2D eigenvalue weighted by atomic mass is 19.4. The smallest absolute Gasteiger partial charge is 0.435 e. The minimum Gasteiger partial charge on any atom is -0.457 e. The predicted molar refractivity (Wildman–Crippen MR) is 142 cm³/mol. The van der Waals surface area contributed by atoms with E-state index < -0.39 is 46.4 Å². The lowest BCUT2D eigenvalue weighted by molar-refractivity contribution is -0.143. The summed E-state index contributed by atoms with van der Waals surface area (Å²) in [6, 6.07) is 20.8. The van der Waals surface area contributed by atoms with E-state index in [2.05, 4.69) is 15.7 Å². The molecule has 0 fully saturated rings. The van der Waals surface area contributed by atoms with Gasteiger partial charge < -0.3 is 15.4 Å². The molecule has 0 unspecified atom stereocenters. The number of anilines is 1. The standard InChI is InChI=1S/C29H26F4N4O4/c1-28(2,3)23-24(26(38)35-22-16-20(14-15-21(22)30)40-19-12-8-5-9-13-19)37(36-25(23)29(31,32)33)41-27(39)34-17-18-10-6-4-7-11-18/h4-16H,17H2,1-3H3,(H,34,39)(H,35,38). The van der Waals surface area contributed by atoms with Gasteiger partial charge in [-0.3, -0.25) is 9.63 Å². The Morgan fingerprint density at radius 2 is 1.54 bits per heavy atom. The van der Waals surface area contributed by atoms with Crippen molar-refractivity contribution in [2.24, 2.45) is 0 Å². The summed E-state index contributed by atoms with van der Waals surface area (Å²) in [6.45, 7) is 4.31. The van der Waals surface area contributed by atoms with Crippen molar-refractivity contribution >= 4 is 17.7 Å². The van der Waals surface area contributed by atoms with Crippen molar-refractivity contribution in [3.8, 4) is 11.5 Å². The Morgan fingerprint density at radius 3 is 2.15 bits per heavy atom. The van der Waals surface area contributed by atoms with Gasteiger partial charge in [0.05, 0.1) is 5.69 Å². The second-order valence-electron chi connectivity index (χ2n) is 9.92. The number of carbonyl (C=O) groups excluding carboxylic acids is 2. The van der Waals surface area contributed by atoms with Crippen molar-refractivity contribution in [3.05, 3.63) is 107 Å².